The van der Waals surface area contributed by atoms with Crippen LogP contribution in [0.3, 0.4) is 0 Å². The molecule has 3 N–H and O–H groups in total. The Morgan fingerprint density at radius 2 is 1.41 bits per heavy atom. The van der Waals surface area contributed by atoms with Crippen molar-refractivity contribution in [3.63, 3.8) is 0 Å². The number of ether oxygens (including phenoxy) is 8. The van der Waals surface area contributed by atoms with Gasteiger partial charge >= 0.3 is 30.2 Å². The van der Waals surface area contributed by atoms with E-state index in [-0.39, 0.29) is 59.5 Å². The van der Waals surface area contributed by atoms with Crippen molar-refractivity contribution in [1.82, 2.24) is 16.0 Å². The predicted molar refractivity (Wildman–Crippen MR) is 221 cm³/mol. The van der Waals surface area contributed by atoms with E-state index >= 15 is 0 Å². The molecule has 5 fully saturated rings. The molecular formula is C45H61N3O13. The summed E-state index contributed by atoms with van der Waals surface area (Å²) in [5, 5.41) is 8.10. The fourth-order valence-electron chi connectivity index (χ4n) is 10.7. The zero-order chi connectivity index (χ0) is 44.2. The molecule has 16 nitrogen and oxygen atoms in total. The molecule has 0 spiro atoms. The largest absolute Gasteiger partial charge is 0.493 e. The van der Waals surface area contributed by atoms with Gasteiger partial charge in [0, 0.05) is 11.5 Å². The van der Waals surface area contributed by atoms with Crippen LogP contribution in [0.1, 0.15) is 84.3 Å². The van der Waals surface area contributed by atoms with Gasteiger partial charge in [0.15, 0.2) is 29.0 Å². The highest BCUT2D eigenvalue weighted by atomic mass is 16.6. The number of hydrogen-bond donors (Lipinski definition) is 3. The molecule has 1 heterocycles. The number of cyclic esters (lactones) is 1. The SMILES string of the molecule is COc1ccc(C[C@H]2COC(=O)[C@@H]2Cc2ccc(OC(=O)NCCOC(=O)[C@H](COC(=O)NC34CC5CC(C)(CC(C)(C5)C3)C4)NC(=O)OC(C)(C)C)c(OC)c2)cc1OC. The highest BCUT2D eigenvalue weighted by Crippen LogP contribution is 2.66. The van der Waals surface area contributed by atoms with E-state index in [9.17, 15) is 24.0 Å². The molecule has 16 heteroatoms. The minimum Gasteiger partial charge on any atom is -0.493 e. The number of alkyl carbamates (subject to hydrolysis) is 2. The Morgan fingerprint density at radius 3 is 2.03 bits per heavy atom. The van der Waals surface area contributed by atoms with E-state index in [1.54, 1.807) is 53.2 Å². The number of methoxy groups -OCH3 is 3. The van der Waals surface area contributed by atoms with Crippen LogP contribution >= 0.6 is 0 Å². The lowest BCUT2D eigenvalue weighted by Crippen LogP contribution is -2.65. The number of hydrogen-bond acceptors (Lipinski definition) is 13. The minimum atomic E-state index is -1.38. The van der Waals surface area contributed by atoms with Crippen LogP contribution in [0.5, 0.6) is 23.0 Å². The third kappa shape index (κ3) is 11.5. The molecule has 7 rings (SSSR count). The van der Waals surface area contributed by atoms with Gasteiger partial charge in [-0.1, -0.05) is 26.0 Å². The molecule has 61 heavy (non-hydrogen) atoms. The number of benzene rings is 2. The Morgan fingerprint density at radius 1 is 0.787 bits per heavy atom. The lowest BCUT2D eigenvalue weighted by molar-refractivity contribution is -0.147. The third-order valence-electron chi connectivity index (χ3n) is 12.1. The van der Waals surface area contributed by atoms with E-state index in [1.807, 2.05) is 18.2 Å². The average Bonchev–Trinajstić information content (AvgIpc) is 3.50. The highest BCUT2D eigenvalue weighted by Gasteiger charge is 2.60. The molecular weight excluding hydrogens is 791 g/mol. The van der Waals surface area contributed by atoms with Gasteiger partial charge in [0.2, 0.25) is 0 Å². The lowest BCUT2D eigenvalue weighted by atomic mass is 9.43. The highest BCUT2D eigenvalue weighted by molar-refractivity contribution is 5.82. The van der Waals surface area contributed by atoms with E-state index < -0.39 is 48.4 Å². The second-order valence-electron chi connectivity index (χ2n) is 18.9. The van der Waals surface area contributed by atoms with Crippen molar-refractivity contribution in [2.75, 3.05) is 47.7 Å². The molecule has 0 aromatic heterocycles. The third-order valence-corrected chi connectivity index (χ3v) is 12.1. The molecule has 3 amide bonds. The summed E-state index contributed by atoms with van der Waals surface area (Å²) in [6, 6.07) is 9.30. The van der Waals surface area contributed by atoms with Gasteiger partial charge < -0.3 is 53.8 Å². The van der Waals surface area contributed by atoms with Crippen LogP contribution in [-0.2, 0) is 41.4 Å². The van der Waals surface area contributed by atoms with Crippen LogP contribution in [0.25, 0.3) is 0 Å². The normalized spacial score (nSPS) is 26.6. The van der Waals surface area contributed by atoms with Gasteiger partial charge in [-0.2, -0.15) is 0 Å². The second-order valence-corrected chi connectivity index (χ2v) is 18.9. The van der Waals surface area contributed by atoms with Crippen molar-refractivity contribution >= 4 is 30.2 Å². The molecule has 0 radical (unpaired) electrons. The Hall–Kier alpha value is -5.41. The Kier molecular flexibility index (Phi) is 13.5. The van der Waals surface area contributed by atoms with E-state index in [1.165, 1.54) is 7.11 Å². The molecule has 5 atom stereocenters. The maximum atomic E-state index is 13.2. The fraction of sp³-hybridized carbons (Fsp3) is 0.622. The van der Waals surface area contributed by atoms with Gasteiger partial charge in [0.25, 0.3) is 0 Å². The van der Waals surface area contributed by atoms with Gasteiger partial charge in [-0.25, -0.2) is 19.2 Å². The maximum absolute atomic E-state index is 13.2. The van der Waals surface area contributed by atoms with Crippen molar-refractivity contribution in [1.29, 1.82) is 0 Å². The summed E-state index contributed by atoms with van der Waals surface area (Å²) in [5.74, 6) is 0.508. The molecule has 4 aliphatic carbocycles. The van der Waals surface area contributed by atoms with Crippen LogP contribution in [0.15, 0.2) is 36.4 Å². The molecule has 5 aliphatic rings. The van der Waals surface area contributed by atoms with Crippen molar-refractivity contribution in [2.24, 2.45) is 28.6 Å². The van der Waals surface area contributed by atoms with Crippen LogP contribution in [0, 0.1) is 28.6 Å². The number of rotatable bonds is 16. The molecule has 2 aromatic rings. The molecule has 2 unspecified atom stereocenters. The molecule has 1 saturated heterocycles. The molecule has 1 aliphatic heterocycles. The number of carbonyl (C=O) groups is 5. The summed E-state index contributed by atoms with van der Waals surface area (Å²) in [6.07, 6.45) is 4.68. The monoisotopic (exact) mass is 851 g/mol. The van der Waals surface area contributed by atoms with E-state index in [0.29, 0.717) is 30.3 Å². The number of carbonyl (C=O) groups excluding carboxylic acids is 5. The Labute approximate surface area is 357 Å². The van der Waals surface area contributed by atoms with Gasteiger partial charge in [-0.05, 0) is 124 Å². The van der Waals surface area contributed by atoms with Crippen LogP contribution in [0.2, 0.25) is 0 Å². The summed E-state index contributed by atoms with van der Waals surface area (Å²) in [7, 11) is 4.58. The quantitative estimate of drug-likeness (QED) is 0.0970. The first-order valence-corrected chi connectivity index (χ1v) is 20.9. The first-order valence-electron chi connectivity index (χ1n) is 20.9. The van der Waals surface area contributed by atoms with Gasteiger partial charge in [-0.15, -0.1) is 0 Å². The van der Waals surface area contributed by atoms with Crippen LogP contribution in [-0.4, -0.2) is 95.1 Å². The number of amides is 3. The van der Waals surface area contributed by atoms with Crippen molar-refractivity contribution in [3.8, 4) is 23.0 Å². The van der Waals surface area contributed by atoms with E-state index in [0.717, 1.165) is 49.7 Å². The summed E-state index contributed by atoms with van der Waals surface area (Å²) in [6.45, 7) is 9.00. The van der Waals surface area contributed by atoms with Gasteiger partial charge in [0.05, 0.1) is 40.4 Å². The summed E-state index contributed by atoms with van der Waals surface area (Å²) in [4.78, 5) is 64.7. The number of esters is 2. The van der Waals surface area contributed by atoms with Crippen LogP contribution < -0.4 is 34.9 Å². The first-order chi connectivity index (χ1) is 28.8. The zero-order valence-corrected chi connectivity index (χ0v) is 36.6. The van der Waals surface area contributed by atoms with Crippen molar-refractivity contribution < 1.29 is 61.9 Å². The lowest BCUT2D eigenvalue weighted by Gasteiger charge is -2.65. The summed E-state index contributed by atoms with van der Waals surface area (Å²) in [5.41, 5.74) is 0.870. The number of nitrogens with one attached hydrogen (secondary N) is 3. The molecule has 4 saturated carbocycles. The topological polar surface area (TPSA) is 195 Å². The van der Waals surface area contributed by atoms with Gasteiger partial charge in [0.1, 0.15) is 18.8 Å². The van der Waals surface area contributed by atoms with Crippen molar-refractivity contribution in [3.05, 3.63) is 47.5 Å². The van der Waals surface area contributed by atoms with E-state index in [4.69, 9.17) is 37.9 Å². The summed E-state index contributed by atoms with van der Waals surface area (Å²) < 4.78 is 43.5. The predicted octanol–water partition coefficient (Wildman–Crippen LogP) is 6.29. The molecule has 2 aromatic carbocycles. The zero-order valence-electron chi connectivity index (χ0n) is 36.6. The van der Waals surface area contributed by atoms with E-state index in [2.05, 4.69) is 29.8 Å². The maximum Gasteiger partial charge on any atom is 0.412 e. The van der Waals surface area contributed by atoms with Crippen molar-refractivity contribution in [2.45, 2.75) is 103 Å². The summed E-state index contributed by atoms with van der Waals surface area (Å²) >= 11 is 0. The average molecular weight is 852 g/mol. The molecule has 4 bridgehead atoms. The smallest absolute Gasteiger partial charge is 0.412 e. The van der Waals surface area contributed by atoms with Crippen LogP contribution in [0.4, 0.5) is 14.4 Å². The fourth-order valence-corrected chi connectivity index (χ4v) is 10.7. The Balaban J connectivity index is 0.984. The molecule has 334 valence electrons. The second kappa shape index (κ2) is 18.3. The van der Waals surface area contributed by atoms with Gasteiger partial charge in [-0.3, -0.25) is 4.79 Å². The standard InChI is InChI=1S/C45H61N3O13/c1-42(2,3)61-40(52)47-32(23-59-41(53)48-45-21-29-19-43(4,25-45)24-44(5,20-29)26-45)38(50)57-14-13-46-39(51)60-34-12-10-28(18-36(34)56-8)16-31-30(22-58-37(31)49)15-27-9-11-33(54-6)35(17-27)55-7/h9-12,17-18,29-32H,13-16,19-26H2,1-8H3,(H,46,51)(H,47,52)(H,48,53)/t29?,30-,31+,32-,43?,44?,45?/m0/s1. The first kappa shape index (κ1) is 45.1. The minimum absolute atomic E-state index is 0.0773. The Bertz CT molecular complexity index is 1950.